The van der Waals surface area contributed by atoms with E-state index in [4.69, 9.17) is 0 Å². The maximum Gasteiger partial charge on any atom is 0.290 e. The fourth-order valence-electron chi connectivity index (χ4n) is 3.45. The molecule has 4 rings (SSSR count). The molecule has 0 bridgehead atoms. The Hall–Kier alpha value is -3.22. The number of halogens is 1. The fourth-order valence-corrected chi connectivity index (χ4v) is 3.45. The van der Waals surface area contributed by atoms with Crippen molar-refractivity contribution in [1.29, 1.82) is 0 Å². The third-order valence-electron chi connectivity index (χ3n) is 5.15. The molecule has 6 nitrogen and oxygen atoms in total. The first-order valence-corrected chi connectivity index (χ1v) is 9.37. The van der Waals surface area contributed by atoms with Gasteiger partial charge in [0, 0.05) is 19.3 Å². The number of pyridine rings is 1. The van der Waals surface area contributed by atoms with Gasteiger partial charge in [-0.15, -0.1) is 0 Å². The van der Waals surface area contributed by atoms with Gasteiger partial charge in [-0.05, 0) is 43.0 Å². The maximum atomic E-state index is 13.9. The van der Waals surface area contributed by atoms with E-state index in [0.717, 1.165) is 12.8 Å². The number of rotatable bonds is 3. The summed E-state index contributed by atoms with van der Waals surface area (Å²) in [5, 5.41) is 2.54. The molecular formula is C21H21FN4O2. The van der Waals surface area contributed by atoms with E-state index in [1.54, 1.807) is 45.8 Å². The van der Waals surface area contributed by atoms with Gasteiger partial charge in [-0.2, -0.15) is 0 Å². The molecule has 0 unspecified atom stereocenters. The van der Waals surface area contributed by atoms with Gasteiger partial charge in [0.25, 0.3) is 11.8 Å². The van der Waals surface area contributed by atoms with Crippen LogP contribution in [0.1, 0.15) is 40.9 Å². The van der Waals surface area contributed by atoms with Gasteiger partial charge >= 0.3 is 0 Å². The van der Waals surface area contributed by atoms with E-state index in [1.165, 1.54) is 12.1 Å². The number of hydrogen-bond donors (Lipinski definition) is 1. The molecule has 1 saturated heterocycles. The number of likely N-dealkylation sites (tertiary alicyclic amines) is 1. The molecule has 3 aromatic rings. The highest BCUT2D eigenvalue weighted by Gasteiger charge is 2.27. The predicted molar refractivity (Wildman–Crippen MR) is 104 cm³/mol. The van der Waals surface area contributed by atoms with Crippen LogP contribution in [-0.2, 0) is 0 Å². The monoisotopic (exact) mass is 380 g/mol. The van der Waals surface area contributed by atoms with Crippen molar-refractivity contribution in [2.75, 3.05) is 18.4 Å². The standard InChI is InChI=1S/C21H21FN4O2/c1-14-9-12-25(13-10-14)21(28)19-24-18(17-8-4-5-11-26(17)19)20(27)23-16-7-3-2-6-15(16)22/h2-8,11,14H,9-10,12-13H2,1H3,(H,23,27). The van der Waals surface area contributed by atoms with Gasteiger partial charge in [0.15, 0.2) is 5.69 Å². The first-order chi connectivity index (χ1) is 13.5. The van der Waals surface area contributed by atoms with Crippen LogP contribution in [0.5, 0.6) is 0 Å². The molecule has 1 aliphatic rings. The van der Waals surface area contributed by atoms with Crippen LogP contribution in [0, 0.1) is 11.7 Å². The number of anilines is 1. The number of piperidine rings is 1. The normalized spacial score (nSPS) is 15.0. The lowest BCUT2D eigenvalue weighted by molar-refractivity contribution is 0.0684. The van der Waals surface area contributed by atoms with Crippen LogP contribution in [-0.4, -0.2) is 39.2 Å². The highest BCUT2D eigenvalue weighted by atomic mass is 19.1. The minimum Gasteiger partial charge on any atom is -0.336 e. The molecule has 3 heterocycles. The summed E-state index contributed by atoms with van der Waals surface area (Å²) in [6.45, 7) is 3.54. The predicted octanol–water partition coefficient (Wildman–Crippen LogP) is 3.60. The molecule has 1 aliphatic heterocycles. The molecule has 0 spiro atoms. The average molecular weight is 380 g/mol. The Morgan fingerprint density at radius 3 is 2.57 bits per heavy atom. The number of carbonyl (C=O) groups excluding carboxylic acids is 2. The summed E-state index contributed by atoms with van der Waals surface area (Å²) in [6.07, 6.45) is 3.62. The Kier molecular flexibility index (Phi) is 4.81. The molecule has 144 valence electrons. The van der Waals surface area contributed by atoms with E-state index >= 15 is 0 Å². The third kappa shape index (κ3) is 3.35. The number of fused-ring (bicyclic) bond motifs is 1. The lowest BCUT2D eigenvalue weighted by Crippen LogP contribution is -2.38. The zero-order chi connectivity index (χ0) is 19.7. The number of hydrogen-bond acceptors (Lipinski definition) is 3. The molecule has 0 atom stereocenters. The van der Waals surface area contributed by atoms with Crippen molar-refractivity contribution in [3.8, 4) is 0 Å². The quantitative estimate of drug-likeness (QED) is 0.755. The largest absolute Gasteiger partial charge is 0.336 e. The van der Waals surface area contributed by atoms with Gasteiger partial charge in [-0.1, -0.05) is 25.1 Å². The van der Waals surface area contributed by atoms with Crippen molar-refractivity contribution in [3.05, 3.63) is 66.0 Å². The Balaban J connectivity index is 1.67. The Morgan fingerprint density at radius 2 is 1.82 bits per heavy atom. The fraction of sp³-hybridized carbons (Fsp3) is 0.286. The van der Waals surface area contributed by atoms with Gasteiger partial charge in [0.1, 0.15) is 5.82 Å². The number of para-hydroxylation sites is 1. The highest BCUT2D eigenvalue weighted by molar-refractivity contribution is 6.09. The minimum atomic E-state index is -0.555. The first kappa shape index (κ1) is 18.2. The van der Waals surface area contributed by atoms with E-state index < -0.39 is 11.7 Å². The van der Waals surface area contributed by atoms with Crippen LogP contribution < -0.4 is 5.32 Å². The molecule has 1 fully saturated rings. The van der Waals surface area contributed by atoms with E-state index in [1.807, 2.05) is 0 Å². The average Bonchev–Trinajstić information content (AvgIpc) is 3.10. The van der Waals surface area contributed by atoms with Crippen LogP contribution in [0.25, 0.3) is 5.52 Å². The van der Waals surface area contributed by atoms with Gasteiger partial charge in [-0.3, -0.25) is 14.0 Å². The molecule has 1 N–H and O–H groups in total. The van der Waals surface area contributed by atoms with Crippen molar-refractivity contribution in [3.63, 3.8) is 0 Å². The molecule has 2 amide bonds. The summed E-state index contributed by atoms with van der Waals surface area (Å²) in [5.74, 6) is -0.483. The highest BCUT2D eigenvalue weighted by Crippen LogP contribution is 2.21. The van der Waals surface area contributed by atoms with Crippen LogP contribution in [0.3, 0.4) is 0 Å². The smallest absolute Gasteiger partial charge is 0.290 e. The summed E-state index contributed by atoms with van der Waals surface area (Å²) in [7, 11) is 0. The molecule has 0 aliphatic carbocycles. The van der Waals surface area contributed by atoms with E-state index in [-0.39, 0.29) is 23.1 Å². The Morgan fingerprint density at radius 1 is 1.11 bits per heavy atom. The third-order valence-corrected chi connectivity index (χ3v) is 5.15. The molecule has 28 heavy (non-hydrogen) atoms. The second-order valence-electron chi connectivity index (χ2n) is 7.15. The van der Waals surface area contributed by atoms with Crippen LogP contribution in [0.2, 0.25) is 0 Å². The second-order valence-corrected chi connectivity index (χ2v) is 7.15. The summed E-state index contributed by atoms with van der Waals surface area (Å²) in [5.41, 5.74) is 0.671. The number of imidazole rings is 1. The van der Waals surface area contributed by atoms with E-state index in [9.17, 15) is 14.0 Å². The summed E-state index contributed by atoms with van der Waals surface area (Å²) in [6, 6.07) is 11.2. The number of nitrogens with one attached hydrogen (secondary N) is 1. The van der Waals surface area contributed by atoms with Crippen molar-refractivity contribution in [2.24, 2.45) is 5.92 Å². The summed E-state index contributed by atoms with van der Waals surface area (Å²) < 4.78 is 15.5. The summed E-state index contributed by atoms with van der Waals surface area (Å²) in [4.78, 5) is 31.9. The number of carbonyl (C=O) groups is 2. The first-order valence-electron chi connectivity index (χ1n) is 9.37. The van der Waals surface area contributed by atoms with Gasteiger partial charge < -0.3 is 10.2 Å². The zero-order valence-electron chi connectivity index (χ0n) is 15.6. The molecular weight excluding hydrogens is 359 g/mol. The Bertz CT molecular complexity index is 1040. The van der Waals surface area contributed by atoms with Crippen molar-refractivity contribution < 1.29 is 14.0 Å². The van der Waals surface area contributed by atoms with E-state index in [2.05, 4.69) is 17.2 Å². The van der Waals surface area contributed by atoms with Crippen molar-refractivity contribution in [2.45, 2.75) is 19.8 Å². The van der Waals surface area contributed by atoms with Crippen LogP contribution in [0.4, 0.5) is 10.1 Å². The summed E-state index contributed by atoms with van der Waals surface area (Å²) >= 11 is 0. The number of benzene rings is 1. The lowest BCUT2D eigenvalue weighted by Gasteiger charge is -2.29. The topological polar surface area (TPSA) is 66.7 Å². The minimum absolute atomic E-state index is 0.0717. The Labute approximate surface area is 162 Å². The maximum absolute atomic E-state index is 13.9. The van der Waals surface area contributed by atoms with Gasteiger partial charge in [0.05, 0.1) is 11.2 Å². The molecule has 2 aromatic heterocycles. The SMILES string of the molecule is CC1CCN(C(=O)c2nc(C(=O)Nc3ccccc3F)c3ccccn23)CC1. The van der Waals surface area contributed by atoms with Crippen LogP contribution in [0.15, 0.2) is 48.7 Å². The number of amides is 2. The number of nitrogens with zero attached hydrogens (tertiary/aromatic N) is 3. The molecule has 7 heteroatoms. The molecule has 0 radical (unpaired) electrons. The van der Waals surface area contributed by atoms with Gasteiger partial charge in [-0.25, -0.2) is 9.37 Å². The molecule has 1 aromatic carbocycles. The number of aromatic nitrogens is 2. The zero-order valence-corrected chi connectivity index (χ0v) is 15.6. The van der Waals surface area contributed by atoms with E-state index in [0.29, 0.717) is 24.5 Å². The van der Waals surface area contributed by atoms with Gasteiger partial charge in [0.2, 0.25) is 5.82 Å². The van der Waals surface area contributed by atoms with Crippen LogP contribution >= 0.6 is 0 Å². The van der Waals surface area contributed by atoms with Crippen molar-refractivity contribution >= 4 is 23.0 Å². The van der Waals surface area contributed by atoms with Crippen molar-refractivity contribution in [1.82, 2.24) is 14.3 Å². The second kappa shape index (κ2) is 7.42. The molecule has 0 saturated carbocycles. The lowest BCUT2D eigenvalue weighted by atomic mass is 9.99.